The van der Waals surface area contributed by atoms with Gasteiger partial charge in [0.25, 0.3) is 0 Å². The first-order chi connectivity index (χ1) is 13.2. The predicted molar refractivity (Wildman–Crippen MR) is 95.2 cm³/mol. The lowest BCUT2D eigenvalue weighted by atomic mass is 10.2. The van der Waals surface area contributed by atoms with Gasteiger partial charge in [0.05, 0.1) is 0 Å². The normalized spacial score (nSPS) is 12.3. The Labute approximate surface area is 163 Å². The van der Waals surface area contributed by atoms with E-state index in [2.05, 4.69) is 13.6 Å². The zero-order valence-electron chi connectivity index (χ0n) is 14.1. The summed E-state index contributed by atoms with van der Waals surface area (Å²) in [5.74, 6) is -3.41. The molecule has 2 aromatic rings. The van der Waals surface area contributed by atoms with Gasteiger partial charge in [0.15, 0.2) is 11.5 Å². The average Bonchev–Trinajstić information content (AvgIpc) is 2.54. The second-order valence-electron chi connectivity index (χ2n) is 5.24. The number of benzene rings is 2. The highest BCUT2D eigenvalue weighted by atomic mass is 31.2. The molecule has 13 nitrogen and oxygen atoms in total. The fourth-order valence-corrected chi connectivity index (χ4v) is 3.21. The zero-order valence-corrected chi connectivity index (χ0v) is 16.8. The molecule has 0 saturated heterocycles. The highest BCUT2D eigenvalue weighted by Gasteiger charge is 2.31. The number of hydrogen-bond acceptors (Lipinski definition) is 7. The van der Waals surface area contributed by atoms with Gasteiger partial charge in [-0.1, -0.05) is 30.3 Å². The highest BCUT2D eigenvalue weighted by Crippen LogP contribution is 2.56. The van der Waals surface area contributed by atoms with Crippen molar-refractivity contribution in [3.63, 3.8) is 0 Å². The number of hydrogen-bond donors (Lipinski definition) is 6. The highest BCUT2D eigenvalue weighted by molar-refractivity contribution is 7.47. The molecule has 0 spiro atoms. The molecule has 0 aliphatic carbocycles. The van der Waals surface area contributed by atoms with Gasteiger partial charge < -0.3 is 18.3 Å². The van der Waals surface area contributed by atoms with Crippen LogP contribution < -0.4 is 18.3 Å². The Bertz CT molecular complexity index is 991. The van der Waals surface area contributed by atoms with Gasteiger partial charge in [0, 0.05) is 0 Å². The Balaban J connectivity index is 2.59. The average molecular weight is 472 g/mol. The van der Waals surface area contributed by atoms with Crippen molar-refractivity contribution in [2.75, 3.05) is 0 Å². The Morgan fingerprint density at radius 1 is 0.621 bits per heavy atom. The van der Waals surface area contributed by atoms with Crippen LogP contribution in [-0.4, -0.2) is 29.4 Å². The van der Waals surface area contributed by atoms with Crippen molar-refractivity contribution in [3.8, 4) is 23.0 Å². The number of ether oxygens (including phenoxy) is 1. The summed E-state index contributed by atoms with van der Waals surface area (Å²) in [5, 5.41) is 0. The van der Waals surface area contributed by atoms with Gasteiger partial charge >= 0.3 is 23.5 Å². The summed E-state index contributed by atoms with van der Waals surface area (Å²) in [7, 11) is -15.7. The van der Waals surface area contributed by atoms with E-state index in [0.29, 0.717) is 11.6 Å². The first-order valence-electron chi connectivity index (χ1n) is 7.33. The molecule has 0 aromatic heterocycles. The zero-order chi connectivity index (χ0) is 21.9. The van der Waals surface area contributed by atoms with Crippen LogP contribution in [0.15, 0.2) is 42.5 Å². The molecule has 16 heteroatoms. The first-order valence-corrected chi connectivity index (χ1v) is 11.9. The summed E-state index contributed by atoms with van der Waals surface area (Å²) in [4.78, 5) is 54.3. The maximum Gasteiger partial charge on any atom is 0.525 e. The van der Waals surface area contributed by atoms with Crippen LogP contribution in [0.25, 0.3) is 0 Å². The largest absolute Gasteiger partial charge is 0.525 e. The van der Waals surface area contributed by atoms with Crippen molar-refractivity contribution >= 4 is 23.5 Å². The third-order valence-electron chi connectivity index (χ3n) is 2.91. The monoisotopic (exact) mass is 472 g/mol. The quantitative estimate of drug-likeness (QED) is 0.287. The molecule has 0 radical (unpaired) electrons. The summed E-state index contributed by atoms with van der Waals surface area (Å²) < 4.78 is 52.1. The van der Waals surface area contributed by atoms with Crippen LogP contribution in [0.4, 0.5) is 0 Å². The fourth-order valence-electron chi connectivity index (χ4n) is 2.00. The molecule has 29 heavy (non-hydrogen) atoms. The minimum Gasteiger partial charge on any atom is -0.481 e. The van der Waals surface area contributed by atoms with E-state index in [0.717, 1.165) is 6.07 Å². The smallest absolute Gasteiger partial charge is 0.481 e. The van der Waals surface area contributed by atoms with Crippen molar-refractivity contribution in [2.45, 2.75) is 6.61 Å². The van der Waals surface area contributed by atoms with Crippen LogP contribution in [0.3, 0.4) is 0 Å². The summed E-state index contributed by atoms with van der Waals surface area (Å²) in [6.07, 6.45) is 0. The second kappa shape index (κ2) is 8.85. The topological polar surface area (TPSA) is 210 Å². The lowest BCUT2D eigenvalue weighted by Gasteiger charge is -2.20. The second-order valence-corrected chi connectivity index (χ2v) is 8.73. The van der Waals surface area contributed by atoms with Crippen molar-refractivity contribution in [3.05, 3.63) is 48.0 Å². The van der Waals surface area contributed by atoms with Crippen molar-refractivity contribution in [1.29, 1.82) is 0 Å². The summed E-state index contributed by atoms with van der Waals surface area (Å²) in [6.45, 7) is -0.296. The molecule has 0 fully saturated rings. The van der Waals surface area contributed by atoms with Crippen LogP contribution >= 0.6 is 23.5 Å². The van der Waals surface area contributed by atoms with Gasteiger partial charge in [-0.15, -0.1) is 0 Å². The van der Waals surface area contributed by atoms with E-state index in [1.807, 2.05) is 0 Å². The molecular formula is C13H15O13P3. The molecule has 0 amide bonds. The van der Waals surface area contributed by atoms with E-state index in [4.69, 9.17) is 34.1 Å². The lowest BCUT2D eigenvalue weighted by molar-refractivity contribution is 0.239. The number of rotatable bonds is 9. The molecule has 0 aliphatic rings. The Hall–Kier alpha value is -1.91. The van der Waals surface area contributed by atoms with E-state index in [1.54, 1.807) is 30.3 Å². The van der Waals surface area contributed by atoms with E-state index in [9.17, 15) is 13.7 Å². The first kappa shape index (κ1) is 23.4. The van der Waals surface area contributed by atoms with Gasteiger partial charge in [-0.25, -0.2) is 13.7 Å². The molecule has 2 aromatic carbocycles. The van der Waals surface area contributed by atoms with Crippen molar-refractivity contribution < 1.29 is 61.4 Å². The molecule has 6 N–H and O–H groups in total. The maximum atomic E-state index is 11.3. The summed E-state index contributed by atoms with van der Waals surface area (Å²) in [5.41, 5.74) is 0.526. The van der Waals surface area contributed by atoms with Crippen molar-refractivity contribution in [2.24, 2.45) is 0 Å². The minimum absolute atomic E-state index is 0.296. The van der Waals surface area contributed by atoms with Gasteiger partial charge in [-0.05, 0) is 17.7 Å². The molecule has 2 rings (SSSR count). The molecule has 0 saturated carbocycles. The molecule has 0 heterocycles. The Morgan fingerprint density at radius 2 is 1.07 bits per heavy atom. The molecular weight excluding hydrogens is 457 g/mol. The predicted octanol–water partition coefficient (Wildman–Crippen LogP) is 1.68. The summed E-state index contributed by atoms with van der Waals surface area (Å²) in [6, 6.07) is 9.70. The number of phosphoric acid groups is 3. The number of phosphoric ester groups is 3. The molecule has 0 atom stereocenters. The fraction of sp³-hybridized carbons (Fsp3) is 0.0769. The van der Waals surface area contributed by atoms with E-state index < -0.39 is 46.5 Å². The van der Waals surface area contributed by atoms with Crippen LogP contribution in [-0.2, 0) is 20.3 Å². The van der Waals surface area contributed by atoms with Gasteiger partial charge in [-0.3, -0.25) is 29.4 Å². The lowest BCUT2D eigenvalue weighted by Crippen LogP contribution is -2.04. The third kappa shape index (κ3) is 8.15. The molecule has 0 bridgehead atoms. The van der Waals surface area contributed by atoms with E-state index in [1.165, 1.54) is 0 Å². The van der Waals surface area contributed by atoms with Crippen LogP contribution in [0.1, 0.15) is 5.56 Å². The molecule has 160 valence electrons. The molecule has 0 aliphatic heterocycles. The van der Waals surface area contributed by atoms with Crippen molar-refractivity contribution in [1.82, 2.24) is 0 Å². The van der Waals surface area contributed by atoms with Gasteiger partial charge in [0.2, 0.25) is 11.5 Å². The van der Waals surface area contributed by atoms with E-state index in [-0.39, 0.29) is 6.61 Å². The maximum absolute atomic E-state index is 11.3. The Kier molecular flexibility index (Phi) is 7.13. The Morgan fingerprint density at radius 3 is 1.52 bits per heavy atom. The third-order valence-corrected chi connectivity index (χ3v) is 4.20. The minimum atomic E-state index is -5.34. The van der Waals surface area contributed by atoms with Crippen LogP contribution in [0.2, 0.25) is 0 Å². The van der Waals surface area contributed by atoms with Gasteiger partial charge in [-0.2, -0.15) is 0 Å². The standard InChI is InChI=1S/C13H15O13P3/c14-27(15,16)24-10-6-7-11(25-28(17,18)19)13(26-29(20,21)22)12(10)23-8-9-4-2-1-3-5-9/h1-7H,8H2,(H2,14,15,16)(H2,17,18,19)(H2,20,21,22). The van der Waals surface area contributed by atoms with Crippen LogP contribution in [0, 0.1) is 0 Å². The molecule has 0 unspecified atom stereocenters. The SMILES string of the molecule is O=P(O)(O)Oc1ccc(OP(=O)(O)O)c(OP(=O)(O)O)c1OCc1ccccc1. The van der Waals surface area contributed by atoms with Crippen LogP contribution in [0.5, 0.6) is 23.0 Å². The van der Waals surface area contributed by atoms with Gasteiger partial charge in [0.1, 0.15) is 6.61 Å². The summed E-state index contributed by atoms with van der Waals surface area (Å²) >= 11 is 0. The van der Waals surface area contributed by atoms with E-state index >= 15 is 0 Å².